The zero-order valence-corrected chi connectivity index (χ0v) is 10.7. The van der Waals surface area contributed by atoms with Gasteiger partial charge in [0, 0.05) is 19.1 Å². The summed E-state index contributed by atoms with van der Waals surface area (Å²) in [6.07, 6.45) is 8.95. The molecule has 0 aromatic carbocycles. The average Bonchev–Trinajstić information content (AvgIpc) is 2.90. The molecule has 1 heterocycles. The molecule has 0 radical (unpaired) electrons. The van der Waals surface area contributed by atoms with Crippen LogP contribution in [0.1, 0.15) is 38.5 Å². The van der Waals surface area contributed by atoms with Crippen LogP contribution in [0, 0.1) is 5.92 Å². The highest BCUT2D eigenvalue weighted by molar-refractivity contribution is 5.79. The molecule has 1 aliphatic heterocycles. The molecule has 1 unspecified atom stereocenters. The molecule has 1 aliphatic carbocycles. The van der Waals surface area contributed by atoms with E-state index >= 15 is 0 Å². The van der Waals surface area contributed by atoms with Gasteiger partial charge < -0.3 is 10.2 Å². The first-order chi connectivity index (χ1) is 8.33. The topological polar surface area (TPSA) is 32.3 Å². The lowest BCUT2D eigenvalue weighted by Crippen LogP contribution is -2.46. The maximum Gasteiger partial charge on any atom is 0.227 e. The normalized spacial score (nSPS) is 25.8. The maximum atomic E-state index is 12.5. The van der Waals surface area contributed by atoms with Gasteiger partial charge in [0.25, 0.3) is 0 Å². The van der Waals surface area contributed by atoms with Crippen LogP contribution >= 0.6 is 0 Å². The first-order valence-electron chi connectivity index (χ1n) is 6.95. The van der Waals surface area contributed by atoms with Gasteiger partial charge in [-0.05, 0) is 32.2 Å². The van der Waals surface area contributed by atoms with E-state index in [4.69, 9.17) is 0 Å². The number of carbonyl (C=O) groups excluding carboxylic acids is 1. The summed E-state index contributed by atoms with van der Waals surface area (Å²) < 4.78 is 0. The Balaban J connectivity index is 1.97. The molecule has 0 spiro atoms. The average molecular weight is 236 g/mol. The fourth-order valence-electron chi connectivity index (χ4n) is 3.07. The van der Waals surface area contributed by atoms with Gasteiger partial charge in [0.15, 0.2) is 0 Å². The summed E-state index contributed by atoms with van der Waals surface area (Å²) in [7, 11) is 0. The van der Waals surface area contributed by atoms with Gasteiger partial charge in [-0.25, -0.2) is 0 Å². The van der Waals surface area contributed by atoms with Crippen molar-refractivity contribution in [1.82, 2.24) is 10.2 Å². The summed E-state index contributed by atoms with van der Waals surface area (Å²) in [5.74, 6) is 0.549. The predicted molar refractivity (Wildman–Crippen MR) is 69.8 cm³/mol. The minimum atomic E-state index is 0.198. The Morgan fingerprint density at radius 3 is 2.65 bits per heavy atom. The molecule has 1 saturated heterocycles. The Morgan fingerprint density at radius 1 is 1.29 bits per heavy atom. The molecule has 2 rings (SSSR count). The van der Waals surface area contributed by atoms with Crippen LogP contribution in [0.5, 0.6) is 0 Å². The Kier molecular flexibility index (Phi) is 4.60. The van der Waals surface area contributed by atoms with Crippen LogP contribution in [-0.4, -0.2) is 36.5 Å². The van der Waals surface area contributed by atoms with Crippen molar-refractivity contribution < 1.29 is 4.79 Å². The smallest absolute Gasteiger partial charge is 0.227 e. The number of piperidine rings is 1. The second kappa shape index (κ2) is 6.20. The number of rotatable bonds is 4. The monoisotopic (exact) mass is 236 g/mol. The number of nitrogens with zero attached hydrogens (tertiary/aromatic N) is 1. The summed E-state index contributed by atoms with van der Waals surface area (Å²) in [4.78, 5) is 14.6. The number of hydrogen-bond acceptors (Lipinski definition) is 2. The van der Waals surface area contributed by atoms with E-state index in [0.717, 1.165) is 32.5 Å². The molecular weight excluding hydrogens is 212 g/mol. The van der Waals surface area contributed by atoms with E-state index < -0.39 is 0 Å². The third-order valence-electron chi connectivity index (χ3n) is 4.02. The highest BCUT2D eigenvalue weighted by Crippen LogP contribution is 2.26. The third kappa shape index (κ3) is 3.09. The Bertz CT molecular complexity index is 265. The molecular formula is C14H24N2O. The van der Waals surface area contributed by atoms with Gasteiger partial charge >= 0.3 is 0 Å². The molecule has 1 saturated carbocycles. The van der Waals surface area contributed by atoms with Crippen molar-refractivity contribution in [2.45, 2.75) is 44.6 Å². The molecule has 96 valence electrons. The third-order valence-corrected chi connectivity index (χ3v) is 4.02. The van der Waals surface area contributed by atoms with Crippen LogP contribution in [0.4, 0.5) is 0 Å². The van der Waals surface area contributed by atoms with Crippen LogP contribution in [-0.2, 0) is 4.79 Å². The van der Waals surface area contributed by atoms with Crippen LogP contribution in [0.25, 0.3) is 0 Å². The van der Waals surface area contributed by atoms with Crippen molar-refractivity contribution in [3.63, 3.8) is 0 Å². The fraction of sp³-hybridized carbons (Fsp3) is 0.786. The van der Waals surface area contributed by atoms with E-state index in [-0.39, 0.29) is 5.92 Å². The molecule has 0 bridgehead atoms. The van der Waals surface area contributed by atoms with Gasteiger partial charge in [-0.2, -0.15) is 0 Å². The Labute approximate surface area is 104 Å². The number of amides is 1. The van der Waals surface area contributed by atoms with Crippen molar-refractivity contribution in [2.75, 3.05) is 19.6 Å². The molecule has 0 aromatic rings. The zero-order valence-electron chi connectivity index (χ0n) is 10.7. The quantitative estimate of drug-likeness (QED) is 0.757. The molecule has 3 nitrogen and oxygen atoms in total. The molecule has 2 fully saturated rings. The van der Waals surface area contributed by atoms with E-state index in [9.17, 15) is 4.79 Å². The minimum absolute atomic E-state index is 0.198. The summed E-state index contributed by atoms with van der Waals surface area (Å²) in [5.41, 5.74) is 0. The maximum absolute atomic E-state index is 12.5. The zero-order chi connectivity index (χ0) is 12.1. The number of carbonyl (C=O) groups is 1. The van der Waals surface area contributed by atoms with Crippen LogP contribution in [0.15, 0.2) is 12.7 Å². The van der Waals surface area contributed by atoms with Crippen molar-refractivity contribution in [3.8, 4) is 0 Å². The van der Waals surface area contributed by atoms with E-state index in [2.05, 4.69) is 16.8 Å². The highest BCUT2D eigenvalue weighted by Gasteiger charge is 2.31. The molecule has 1 amide bonds. The van der Waals surface area contributed by atoms with E-state index in [0.29, 0.717) is 11.9 Å². The van der Waals surface area contributed by atoms with Gasteiger partial charge in [0.05, 0.1) is 5.92 Å². The van der Waals surface area contributed by atoms with Gasteiger partial charge in [0.2, 0.25) is 5.91 Å². The standard InChI is InChI=1S/C14H24N2O/c1-2-10-16(13-7-3-4-8-13)14(17)12-6-5-9-15-11-12/h2,12-13,15H,1,3-11H2. The second-order valence-electron chi connectivity index (χ2n) is 5.26. The largest absolute Gasteiger partial charge is 0.336 e. The summed E-state index contributed by atoms with van der Waals surface area (Å²) in [6.45, 7) is 6.44. The molecule has 2 aliphatic rings. The lowest BCUT2D eigenvalue weighted by molar-refractivity contribution is -0.137. The predicted octanol–water partition coefficient (Wildman–Crippen LogP) is 1.94. The van der Waals surface area contributed by atoms with E-state index in [1.807, 2.05) is 6.08 Å². The molecule has 1 N–H and O–H groups in total. The fourth-order valence-corrected chi connectivity index (χ4v) is 3.07. The molecule has 17 heavy (non-hydrogen) atoms. The minimum Gasteiger partial charge on any atom is -0.336 e. The van der Waals surface area contributed by atoms with Gasteiger partial charge in [-0.15, -0.1) is 6.58 Å². The van der Waals surface area contributed by atoms with Crippen molar-refractivity contribution in [2.24, 2.45) is 5.92 Å². The summed E-state index contributed by atoms with van der Waals surface area (Å²) in [5, 5.41) is 3.33. The summed E-state index contributed by atoms with van der Waals surface area (Å²) >= 11 is 0. The summed E-state index contributed by atoms with van der Waals surface area (Å²) in [6, 6.07) is 0.474. The van der Waals surface area contributed by atoms with Crippen LogP contribution in [0.2, 0.25) is 0 Å². The molecule has 1 atom stereocenters. The number of nitrogens with one attached hydrogen (secondary N) is 1. The van der Waals surface area contributed by atoms with Gasteiger partial charge in [-0.1, -0.05) is 18.9 Å². The van der Waals surface area contributed by atoms with E-state index in [1.165, 1.54) is 25.7 Å². The van der Waals surface area contributed by atoms with Gasteiger partial charge in [-0.3, -0.25) is 4.79 Å². The lowest BCUT2D eigenvalue weighted by Gasteiger charge is -2.33. The lowest BCUT2D eigenvalue weighted by atomic mass is 9.97. The van der Waals surface area contributed by atoms with Crippen molar-refractivity contribution in [1.29, 1.82) is 0 Å². The van der Waals surface area contributed by atoms with Crippen molar-refractivity contribution >= 4 is 5.91 Å². The SMILES string of the molecule is C=CCN(C(=O)C1CCCNC1)C1CCCC1. The highest BCUT2D eigenvalue weighted by atomic mass is 16.2. The molecule has 3 heteroatoms. The van der Waals surface area contributed by atoms with E-state index in [1.54, 1.807) is 0 Å². The van der Waals surface area contributed by atoms with Crippen LogP contribution in [0.3, 0.4) is 0 Å². The molecule has 0 aromatic heterocycles. The van der Waals surface area contributed by atoms with Gasteiger partial charge in [0.1, 0.15) is 0 Å². The van der Waals surface area contributed by atoms with Crippen LogP contribution < -0.4 is 5.32 Å². The Morgan fingerprint density at radius 2 is 2.06 bits per heavy atom. The second-order valence-corrected chi connectivity index (χ2v) is 5.26. The Hall–Kier alpha value is -0.830. The first-order valence-corrected chi connectivity index (χ1v) is 6.95. The number of hydrogen-bond donors (Lipinski definition) is 1. The van der Waals surface area contributed by atoms with Crippen molar-refractivity contribution in [3.05, 3.63) is 12.7 Å². The first kappa shape index (κ1) is 12.6.